The average molecular weight is 369 g/mol. The van der Waals surface area contributed by atoms with Crippen LogP contribution in [0, 0.1) is 6.92 Å². The highest BCUT2D eigenvalue weighted by molar-refractivity contribution is 7.20. The molecule has 6 nitrogen and oxygen atoms in total. The summed E-state index contributed by atoms with van der Waals surface area (Å²) in [5.41, 5.74) is 3.13. The molecule has 3 aromatic rings. The number of nitrogens with zero attached hydrogens (tertiary/aromatic N) is 2. The van der Waals surface area contributed by atoms with E-state index in [-0.39, 0.29) is 5.56 Å². The van der Waals surface area contributed by atoms with Crippen molar-refractivity contribution in [1.29, 1.82) is 0 Å². The number of aromatic nitrogens is 2. The van der Waals surface area contributed by atoms with E-state index in [9.17, 15) is 9.59 Å². The number of methoxy groups -OCH3 is 1. The highest BCUT2D eigenvalue weighted by Crippen LogP contribution is 2.28. The van der Waals surface area contributed by atoms with E-state index in [0.29, 0.717) is 33.0 Å². The Labute approximate surface area is 154 Å². The van der Waals surface area contributed by atoms with Crippen LogP contribution in [0.25, 0.3) is 10.2 Å². The lowest BCUT2D eigenvalue weighted by molar-refractivity contribution is 0.0605. The topological polar surface area (TPSA) is 75.3 Å². The minimum atomic E-state index is -0.431. The molecule has 0 radical (unpaired) electrons. The number of ether oxygens (including phenoxy) is 1. The van der Waals surface area contributed by atoms with Crippen molar-refractivity contribution in [2.75, 3.05) is 13.7 Å². The van der Waals surface area contributed by atoms with Crippen LogP contribution in [0.15, 0.2) is 29.1 Å². The van der Waals surface area contributed by atoms with Crippen LogP contribution in [0.1, 0.15) is 32.2 Å². The van der Waals surface area contributed by atoms with Crippen LogP contribution < -0.4 is 5.56 Å². The zero-order chi connectivity index (χ0) is 18.3. The molecule has 0 fully saturated rings. The monoisotopic (exact) mass is 369 g/mol. The Morgan fingerprint density at radius 3 is 2.88 bits per heavy atom. The Bertz CT molecular complexity index is 1050. The Morgan fingerprint density at radius 2 is 2.12 bits per heavy atom. The first-order valence-corrected chi connectivity index (χ1v) is 9.28. The molecular weight excluding hydrogens is 350 g/mol. The lowest BCUT2D eigenvalue weighted by Crippen LogP contribution is -2.31. The van der Waals surface area contributed by atoms with Crippen molar-refractivity contribution in [3.63, 3.8) is 0 Å². The summed E-state index contributed by atoms with van der Waals surface area (Å²) in [4.78, 5) is 35.2. The van der Waals surface area contributed by atoms with Gasteiger partial charge in [-0.2, -0.15) is 0 Å². The highest BCUT2D eigenvalue weighted by atomic mass is 32.1. The number of carbonyl (C=O) groups is 1. The first-order valence-electron chi connectivity index (χ1n) is 8.46. The number of aromatic amines is 1. The molecular formula is C19H19N3O3S. The number of hydrogen-bond acceptors (Lipinski definition) is 6. The molecule has 1 aliphatic heterocycles. The molecule has 0 aliphatic carbocycles. The van der Waals surface area contributed by atoms with Crippen LogP contribution >= 0.6 is 11.3 Å². The molecule has 7 heteroatoms. The van der Waals surface area contributed by atoms with E-state index < -0.39 is 5.97 Å². The summed E-state index contributed by atoms with van der Waals surface area (Å²) < 4.78 is 4.79. The molecule has 0 unspecified atom stereocenters. The molecule has 1 N–H and O–H groups in total. The van der Waals surface area contributed by atoms with Gasteiger partial charge in [0.25, 0.3) is 5.56 Å². The van der Waals surface area contributed by atoms with E-state index in [1.54, 1.807) is 6.92 Å². The van der Waals surface area contributed by atoms with Crippen molar-refractivity contribution >= 4 is 27.5 Å². The van der Waals surface area contributed by atoms with Gasteiger partial charge >= 0.3 is 5.97 Å². The van der Waals surface area contributed by atoms with Crippen LogP contribution in [0.2, 0.25) is 0 Å². The van der Waals surface area contributed by atoms with E-state index in [4.69, 9.17) is 4.74 Å². The summed E-state index contributed by atoms with van der Waals surface area (Å²) in [6, 6.07) is 8.44. The Hall–Kier alpha value is -2.51. The quantitative estimate of drug-likeness (QED) is 0.719. The van der Waals surface area contributed by atoms with E-state index in [2.05, 4.69) is 39.1 Å². The van der Waals surface area contributed by atoms with Crippen molar-refractivity contribution in [2.45, 2.75) is 26.4 Å². The third kappa shape index (κ3) is 2.93. The van der Waals surface area contributed by atoms with Gasteiger partial charge in [-0.25, -0.2) is 9.78 Å². The fraction of sp³-hybridized carbons (Fsp3) is 0.316. The van der Waals surface area contributed by atoms with Crippen molar-refractivity contribution in [3.05, 3.63) is 62.0 Å². The second kappa shape index (κ2) is 6.66. The second-order valence-electron chi connectivity index (χ2n) is 6.47. The largest absolute Gasteiger partial charge is 0.465 e. The molecule has 0 spiro atoms. The zero-order valence-electron chi connectivity index (χ0n) is 14.7. The Morgan fingerprint density at radius 1 is 1.35 bits per heavy atom. The number of benzene rings is 1. The lowest BCUT2D eigenvalue weighted by atomic mass is 10.00. The first kappa shape index (κ1) is 16.9. The molecule has 26 heavy (non-hydrogen) atoms. The number of fused-ring (bicyclic) bond motifs is 2. The van der Waals surface area contributed by atoms with Gasteiger partial charge in [-0.1, -0.05) is 24.3 Å². The molecule has 3 heterocycles. The van der Waals surface area contributed by atoms with Gasteiger partial charge in [0.2, 0.25) is 0 Å². The maximum absolute atomic E-state index is 12.5. The predicted molar refractivity (Wildman–Crippen MR) is 101 cm³/mol. The van der Waals surface area contributed by atoms with Gasteiger partial charge in [-0.15, -0.1) is 11.3 Å². The van der Waals surface area contributed by atoms with Gasteiger partial charge in [-0.05, 0) is 30.0 Å². The van der Waals surface area contributed by atoms with Gasteiger partial charge < -0.3 is 9.72 Å². The van der Waals surface area contributed by atoms with Crippen LogP contribution in [-0.4, -0.2) is 34.5 Å². The van der Waals surface area contributed by atoms with Gasteiger partial charge in [0, 0.05) is 13.1 Å². The first-order chi connectivity index (χ1) is 12.6. The van der Waals surface area contributed by atoms with E-state index >= 15 is 0 Å². The lowest BCUT2D eigenvalue weighted by Gasteiger charge is -2.28. The number of nitrogens with one attached hydrogen (secondary N) is 1. The number of hydrogen-bond donors (Lipinski definition) is 1. The smallest absolute Gasteiger partial charge is 0.348 e. The summed E-state index contributed by atoms with van der Waals surface area (Å²) in [5.74, 6) is 0.193. The molecule has 134 valence electrons. The summed E-state index contributed by atoms with van der Waals surface area (Å²) in [7, 11) is 1.34. The number of carbonyl (C=O) groups excluding carboxylic acids is 1. The molecule has 0 atom stereocenters. The molecule has 0 bridgehead atoms. The standard InChI is InChI=1S/C19H19N3O3S/c1-11-15-17(23)20-14(21-18(15)26-16(11)19(24)25-2)10-22-8-7-12-5-3-4-6-13(12)9-22/h3-6H,7-10H2,1-2H3,(H,20,21,23). The van der Waals surface area contributed by atoms with E-state index in [1.165, 1.54) is 29.6 Å². The van der Waals surface area contributed by atoms with Crippen LogP contribution in [0.5, 0.6) is 0 Å². The normalized spacial score (nSPS) is 14.4. The summed E-state index contributed by atoms with van der Waals surface area (Å²) in [6.07, 6.45) is 0.993. The van der Waals surface area contributed by atoms with E-state index in [1.807, 2.05) is 0 Å². The molecule has 1 aromatic carbocycles. The molecule has 4 rings (SSSR count). The van der Waals surface area contributed by atoms with Crippen molar-refractivity contribution in [2.24, 2.45) is 0 Å². The summed E-state index contributed by atoms with van der Waals surface area (Å²) >= 11 is 1.21. The summed E-state index contributed by atoms with van der Waals surface area (Å²) in [5, 5.41) is 0.475. The summed E-state index contributed by atoms with van der Waals surface area (Å²) in [6.45, 7) is 4.09. The van der Waals surface area contributed by atoms with Crippen LogP contribution in [-0.2, 0) is 24.2 Å². The maximum Gasteiger partial charge on any atom is 0.348 e. The van der Waals surface area contributed by atoms with Gasteiger partial charge in [0.15, 0.2) is 0 Å². The number of H-pyrrole nitrogens is 1. The molecule has 0 saturated carbocycles. The van der Waals surface area contributed by atoms with Gasteiger partial charge in [0.1, 0.15) is 15.5 Å². The molecule has 1 aliphatic rings. The maximum atomic E-state index is 12.5. The van der Waals surface area contributed by atoms with Gasteiger partial charge in [-0.3, -0.25) is 9.69 Å². The Balaban J connectivity index is 1.64. The van der Waals surface area contributed by atoms with Crippen molar-refractivity contribution < 1.29 is 9.53 Å². The van der Waals surface area contributed by atoms with Gasteiger partial charge in [0.05, 0.1) is 19.0 Å². The molecule has 0 saturated heterocycles. The predicted octanol–water partition coefficient (Wildman–Crippen LogP) is 2.64. The van der Waals surface area contributed by atoms with Crippen molar-refractivity contribution in [3.8, 4) is 0 Å². The fourth-order valence-electron chi connectivity index (χ4n) is 3.45. The average Bonchev–Trinajstić information content (AvgIpc) is 2.98. The number of aryl methyl sites for hydroxylation is 1. The second-order valence-corrected chi connectivity index (χ2v) is 7.47. The Kier molecular flexibility index (Phi) is 4.34. The number of thiophene rings is 1. The fourth-order valence-corrected chi connectivity index (χ4v) is 4.57. The minimum absolute atomic E-state index is 0.202. The van der Waals surface area contributed by atoms with Crippen LogP contribution in [0.3, 0.4) is 0 Å². The third-order valence-corrected chi connectivity index (χ3v) is 5.97. The number of rotatable bonds is 3. The highest BCUT2D eigenvalue weighted by Gasteiger charge is 2.21. The van der Waals surface area contributed by atoms with Crippen LogP contribution in [0.4, 0.5) is 0 Å². The van der Waals surface area contributed by atoms with Crippen molar-refractivity contribution in [1.82, 2.24) is 14.9 Å². The third-order valence-electron chi connectivity index (χ3n) is 4.80. The minimum Gasteiger partial charge on any atom is -0.465 e. The number of esters is 1. The molecule has 2 aromatic heterocycles. The molecule has 0 amide bonds. The van der Waals surface area contributed by atoms with E-state index in [0.717, 1.165) is 19.5 Å². The zero-order valence-corrected chi connectivity index (χ0v) is 15.5. The SMILES string of the molecule is COC(=O)c1sc2nc(CN3CCc4ccccc4C3)[nH]c(=O)c2c1C.